The lowest BCUT2D eigenvalue weighted by Gasteiger charge is -2.19. The molecule has 0 aromatic carbocycles. The summed E-state index contributed by atoms with van der Waals surface area (Å²) in [6, 6.07) is 4.92. The summed E-state index contributed by atoms with van der Waals surface area (Å²) in [4.78, 5) is 36.7. The van der Waals surface area contributed by atoms with Gasteiger partial charge in [0, 0.05) is 37.9 Å². The van der Waals surface area contributed by atoms with E-state index in [0.717, 1.165) is 12.1 Å². The van der Waals surface area contributed by atoms with Gasteiger partial charge in [0.2, 0.25) is 5.91 Å². The SMILES string of the molecule is Cc1cccc(=O)n1CCCNC(=O)N1CCCNC(=O)C1. The Morgan fingerprint density at radius 1 is 1.36 bits per heavy atom. The molecule has 0 radical (unpaired) electrons. The van der Waals surface area contributed by atoms with Crippen LogP contribution in [0, 0.1) is 6.92 Å². The van der Waals surface area contributed by atoms with Crippen molar-refractivity contribution in [3.8, 4) is 0 Å². The minimum Gasteiger partial charge on any atom is -0.354 e. The summed E-state index contributed by atoms with van der Waals surface area (Å²) in [7, 11) is 0. The molecule has 0 aliphatic carbocycles. The Hall–Kier alpha value is -2.31. The zero-order valence-electron chi connectivity index (χ0n) is 12.8. The molecule has 0 spiro atoms. The van der Waals surface area contributed by atoms with Gasteiger partial charge in [-0.2, -0.15) is 0 Å². The lowest BCUT2D eigenvalue weighted by atomic mass is 10.3. The van der Waals surface area contributed by atoms with Crippen LogP contribution >= 0.6 is 0 Å². The number of hydrogen-bond donors (Lipinski definition) is 2. The lowest BCUT2D eigenvalue weighted by Crippen LogP contribution is -2.43. The molecule has 22 heavy (non-hydrogen) atoms. The van der Waals surface area contributed by atoms with E-state index in [4.69, 9.17) is 0 Å². The van der Waals surface area contributed by atoms with Gasteiger partial charge in [-0.1, -0.05) is 6.07 Å². The van der Waals surface area contributed by atoms with Crippen molar-refractivity contribution >= 4 is 11.9 Å². The first-order chi connectivity index (χ1) is 10.6. The smallest absolute Gasteiger partial charge is 0.317 e. The molecule has 1 saturated heterocycles. The second kappa shape index (κ2) is 7.63. The van der Waals surface area contributed by atoms with Gasteiger partial charge in [0.15, 0.2) is 0 Å². The quantitative estimate of drug-likeness (QED) is 0.773. The summed E-state index contributed by atoms with van der Waals surface area (Å²) in [5, 5.41) is 5.53. The average Bonchev–Trinajstić information content (AvgIpc) is 2.70. The van der Waals surface area contributed by atoms with Crippen LogP contribution in [0.15, 0.2) is 23.0 Å². The first-order valence-corrected chi connectivity index (χ1v) is 7.54. The zero-order chi connectivity index (χ0) is 15.9. The third-order valence-corrected chi connectivity index (χ3v) is 3.65. The molecule has 0 saturated carbocycles. The fourth-order valence-electron chi connectivity index (χ4n) is 2.43. The Balaban J connectivity index is 1.77. The predicted molar refractivity (Wildman–Crippen MR) is 82.7 cm³/mol. The Labute approximate surface area is 129 Å². The molecule has 7 nitrogen and oxygen atoms in total. The molecule has 120 valence electrons. The summed E-state index contributed by atoms with van der Waals surface area (Å²) in [6.07, 6.45) is 1.42. The van der Waals surface area contributed by atoms with Crippen LogP contribution in [0.2, 0.25) is 0 Å². The number of amides is 3. The highest BCUT2D eigenvalue weighted by molar-refractivity contribution is 5.84. The molecule has 2 heterocycles. The molecular formula is C15H22N4O3. The maximum absolute atomic E-state index is 12.0. The van der Waals surface area contributed by atoms with Crippen LogP contribution in [0.25, 0.3) is 0 Å². The van der Waals surface area contributed by atoms with Crippen molar-refractivity contribution in [1.82, 2.24) is 20.1 Å². The first-order valence-electron chi connectivity index (χ1n) is 7.54. The molecule has 1 aliphatic heterocycles. The number of rotatable bonds is 4. The van der Waals surface area contributed by atoms with Gasteiger partial charge in [0.25, 0.3) is 5.56 Å². The second-order valence-electron chi connectivity index (χ2n) is 5.37. The number of aromatic nitrogens is 1. The van der Waals surface area contributed by atoms with Gasteiger partial charge in [-0.3, -0.25) is 9.59 Å². The molecule has 0 unspecified atom stereocenters. The summed E-state index contributed by atoms with van der Waals surface area (Å²) >= 11 is 0. The highest BCUT2D eigenvalue weighted by atomic mass is 16.2. The minimum atomic E-state index is -0.228. The van der Waals surface area contributed by atoms with Crippen molar-refractivity contribution in [2.75, 3.05) is 26.2 Å². The fourth-order valence-corrected chi connectivity index (χ4v) is 2.43. The van der Waals surface area contributed by atoms with Crippen LogP contribution in [0.3, 0.4) is 0 Å². The molecule has 1 aromatic rings. The predicted octanol–water partition coefficient (Wildman–Crippen LogP) is 0.0783. The Morgan fingerprint density at radius 3 is 2.95 bits per heavy atom. The zero-order valence-corrected chi connectivity index (χ0v) is 12.8. The van der Waals surface area contributed by atoms with E-state index in [1.165, 1.54) is 11.0 Å². The average molecular weight is 306 g/mol. The molecule has 1 aliphatic rings. The molecule has 1 fully saturated rings. The van der Waals surface area contributed by atoms with Crippen LogP contribution < -0.4 is 16.2 Å². The fraction of sp³-hybridized carbons (Fsp3) is 0.533. The molecule has 1 aromatic heterocycles. The number of aryl methyl sites for hydroxylation is 1. The van der Waals surface area contributed by atoms with Gasteiger partial charge in [-0.05, 0) is 25.8 Å². The Bertz CT molecular complexity index is 597. The number of carbonyl (C=O) groups excluding carboxylic acids is 2. The minimum absolute atomic E-state index is 0.0319. The van der Waals surface area contributed by atoms with Crippen molar-refractivity contribution in [3.05, 3.63) is 34.2 Å². The maximum atomic E-state index is 12.0. The summed E-state index contributed by atoms with van der Waals surface area (Å²) in [5.74, 6) is -0.126. The van der Waals surface area contributed by atoms with Gasteiger partial charge in [-0.25, -0.2) is 4.79 Å². The van der Waals surface area contributed by atoms with E-state index in [2.05, 4.69) is 10.6 Å². The van der Waals surface area contributed by atoms with E-state index in [9.17, 15) is 14.4 Å². The van der Waals surface area contributed by atoms with Crippen LogP contribution in [-0.4, -0.2) is 47.6 Å². The van der Waals surface area contributed by atoms with E-state index in [1.54, 1.807) is 10.6 Å². The monoisotopic (exact) mass is 306 g/mol. The van der Waals surface area contributed by atoms with Crippen LogP contribution in [-0.2, 0) is 11.3 Å². The summed E-state index contributed by atoms with van der Waals surface area (Å²) in [5.41, 5.74) is 0.874. The van der Waals surface area contributed by atoms with Crippen LogP contribution in [0.5, 0.6) is 0 Å². The van der Waals surface area contributed by atoms with Crippen LogP contribution in [0.1, 0.15) is 18.5 Å². The second-order valence-corrected chi connectivity index (χ2v) is 5.37. The summed E-state index contributed by atoms with van der Waals surface area (Å²) in [6.45, 7) is 4.20. The van der Waals surface area contributed by atoms with Crippen molar-refractivity contribution in [2.45, 2.75) is 26.3 Å². The largest absolute Gasteiger partial charge is 0.354 e. The van der Waals surface area contributed by atoms with Gasteiger partial charge in [0.1, 0.15) is 6.54 Å². The standard InChI is InChI=1S/C15H22N4O3/c1-12-5-2-6-14(21)19(12)10-4-8-17-15(22)18-9-3-7-16-13(20)11-18/h2,5-6H,3-4,7-11H2,1H3,(H,16,20)(H,17,22). The Morgan fingerprint density at radius 2 is 2.18 bits per heavy atom. The van der Waals surface area contributed by atoms with Crippen molar-refractivity contribution in [1.29, 1.82) is 0 Å². The summed E-state index contributed by atoms with van der Waals surface area (Å²) < 4.78 is 1.69. The number of carbonyl (C=O) groups is 2. The van der Waals surface area contributed by atoms with E-state index >= 15 is 0 Å². The van der Waals surface area contributed by atoms with E-state index in [-0.39, 0.29) is 24.0 Å². The molecule has 7 heteroatoms. The molecule has 3 amide bonds. The van der Waals surface area contributed by atoms with Gasteiger partial charge in [0.05, 0.1) is 0 Å². The Kier molecular flexibility index (Phi) is 5.57. The normalized spacial score (nSPS) is 15.1. The third kappa shape index (κ3) is 4.34. The van der Waals surface area contributed by atoms with Crippen molar-refractivity contribution in [3.63, 3.8) is 0 Å². The van der Waals surface area contributed by atoms with E-state index < -0.39 is 0 Å². The topological polar surface area (TPSA) is 83.4 Å². The molecule has 0 atom stereocenters. The molecule has 2 rings (SSSR count). The number of nitrogens with zero attached hydrogens (tertiary/aromatic N) is 2. The van der Waals surface area contributed by atoms with Crippen molar-refractivity contribution in [2.24, 2.45) is 0 Å². The van der Waals surface area contributed by atoms with Crippen LogP contribution in [0.4, 0.5) is 4.79 Å². The number of pyridine rings is 1. The highest BCUT2D eigenvalue weighted by Crippen LogP contribution is 1.98. The first kappa shape index (κ1) is 16.1. The number of nitrogens with one attached hydrogen (secondary N) is 2. The maximum Gasteiger partial charge on any atom is 0.317 e. The highest BCUT2D eigenvalue weighted by Gasteiger charge is 2.18. The van der Waals surface area contributed by atoms with Gasteiger partial charge >= 0.3 is 6.03 Å². The van der Waals surface area contributed by atoms with Gasteiger partial charge in [-0.15, -0.1) is 0 Å². The number of hydrogen-bond acceptors (Lipinski definition) is 3. The van der Waals surface area contributed by atoms with Gasteiger partial charge < -0.3 is 20.1 Å². The van der Waals surface area contributed by atoms with Crippen molar-refractivity contribution < 1.29 is 9.59 Å². The lowest BCUT2D eigenvalue weighted by molar-refractivity contribution is -0.121. The molecule has 0 bridgehead atoms. The molecule has 2 N–H and O–H groups in total. The van der Waals surface area contributed by atoms with E-state index in [1.807, 2.05) is 13.0 Å². The number of urea groups is 1. The third-order valence-electron chi connectivity index (χ3n) is 3.65. The molecular weight excluding hydrogens is 284 g/mol. The van der Waals surface area contributed by atoms with E-state index in [0.29, 0.717) is 32.6 Å².